The van der Waals surface area contributed by atoms with Gasteiger partial charge in [-0.1, -0.05) is 29.2 Å². The number of rotatable bonds is 8. The molecule has 1 saturated heterocycles. The number of hydrogen-bond donors (Lipinski definition) is 1. The van der Waals surface area contributed by atoms with Gasteiger partial charge in [0.2, 0.25) is 17.7 Å². The Morgan fingerprint density at radius 1 is 0.977 bits per heavy atom. The van der Waals surface area contributed by atoms with E-state index in [-0.39, 0.29) is 29.8 Å². The molecule has 13 heteroatoms. The van der Waals surface area contributed by atoms with Gasteiger partial charge in [0.1, 0.15) is 17.5 Å². The van der Waals surface area contributed by atoms with Crippen LogP contribution in [-0.2, 0) is 25.7 Å². The van der Waals surface area contributed by atoms with Gasteiger partial charge in [0, 0.05) is 21.4 Å². The molecular formula is C30H25N3O7S3. The number of carbonyl (C=O) groups is 4. The lowest BCUT2D eigenvalue weighted by Crippen LogP contribution is -2.32. The quantitative estimate of drug-likeness (QED) is 0.220. The third-order valence-corrected chi connectivity index (χ3v) is 10.8. The van der Waals surface area contributed by atoms with Gasteiger partial charge in [0.25, 0.3) is 0 Å². The van der Waals surface area contributed by atoms with Crippen LogP contribution in [0.5, 0.6) is 5.75 Å². The molecule has 2 aromatic heterocycles. The van der Waals surface area contributed by atoms with E-state index in [0.29, 0.717) is 32.6 Å². The lowest BCUT2D eigenvalue weighted by Gasteiger charge is -2.29. The molecule has 0 radical (unpaired) electrons. The minimum absolute atomic E-state index is 0.253. The monoisotopic (exact) mass is 635 g/mol. The van der Waals surface area contributed by atoms with Crippen LogP contribution in [0.15, 0.2) is 75.9 Å². The number of fused-ring (bicyclic) bond motifs is 2. The standard InChI is InChI=1S/C30H25N3O7S3/c1-3-40-29(37)16-6-8-17(9-7-16)31-21(34)15-32-28-25(43-30(32)38)22(20-5-4-14-41-20)23-24(42-28)27(36)33(26(23)35)18-10-12-19(39-2)13-11-18/h4-14,22-24H,3,15H2,1-2H3,(H,31,34)/t22-,23-,24+/m0/s1. The summed E-state index contributed by atoms with van der Waals surface area (Å²) < 4.78 is 11.6. The molecule has 0 spiro atoms. The van der Waals surface area contributed by atoms with E-state index < -0.39 is 29.0 Å². The van der Waals surface area contributed by atoms with Crippen LogP contribution in [0.25, 0.3) is 0 Å². The molecule has 4 aromatic rings. The average molecular weight is 636 g/mol. The first-order valence-electron chi connectivity index (χ1n) is 13.3. The number of imide groups is 1. The van der Waals surface area contributed by atoms with Crippen LogP contribution in [0.1, 0.15) is 33.0 Å². The highest BCUT2D eigenvalue weighted by Crippen LogP contribution is 2.54. The number of thiophene rings is 1. The van der Waals surface area contributed by atoms with E-state index in [1.165, 1.54) is 27.9 Å². The molecule has 2 aliphatic heterocycles. The van der Waals surface area contributed by atoms with Gasteiger partial charge in [-0.25, -0.2) is 9.69 Å². The number of thioether (sulfide) groups is 1. The van der Waals surface area contributed by atoms with Crippen molar-refractivity contribution in [2.24, 2.45) is 5.92 Å². The van der Waals surface area contributed by atoms with Crippen LogP contribution < -0.4 is 19.8 Å². The summed E-state index contributed by atoms with van der Waals surface area (Å²) in [5.74, 6) is -2.21. The summed E-state index contributed by atoms with van der Waals surface area (Å²) in [6.07, 6.45) is 0. The van der Waals surface area contributed by atoms with Crippen molar-refractivity contribution in [3.63, 3.8) is 0 Å². The predicted molar refractivity (Wildman–Crippen MR) is 164 cm³/mol. The number of esters is 1. The van der Waals surface area contributed by atoms with E-state index in [2.05, 4.69) is 5.32 Å². The van der Waals surface area contributed by atoms with Crippen LogP contribution in [0, 0.1) is 5.92 Å². The van der Waals surface area contributed by atoms with Crippen LogP contribution in [0.3, 0.4) is 0 Å². The van der Waals surface area contributed by atoms with Crippen molar-refractivity contribution in [1.29, 1.82) is 0 Å². The maximum Gasteiger partial charge on any atom is 0.338 e. The minimum Gasteiger partial charge on any atom is -0.497 e. The van der Waals surface area contributed by atoms with Gasteiger partial charge >= 0.3 is 10.8 Å². The Balaban J connectivity index is 1.30. The molecule has 2 aliphatic rings. The Morgan fingerprint density at radius 3 is 2.37 bits per heavy atom. The highest BCUT2D eigenvalue weighted by Gasteiger charge is 2.57. The molecule has 10 nitrogen and oxygen atoms in total. The zero-order chi connectivity index (χ0) is 30.2. The number of nitrogens with one attached hydrogen (secondary N) is 1. The summed E-state index contributed by atoms with van der Waals surface area (Å²) in [5, 5.41) is 4.40. The number of hydrogen-bond acceptors (Lipinski definition) is 10. The summed E-state index contributed by atoms with van der Waals surface area (Å²) >= 11 is 3.62. The number of methoxy groups -OCH3 is 1. The van der Waals surface area contributed by atoms with E-state index in [1.54, 1.807) is 55.5 Å². The van der Waals surface area contributed by atoms with Crippen molar-refractivity contribution in [1.82, 2.24) is 4.57 Å². The smallest absolute Gasteiger partial charge is 0.338 e. The second-order valence-electron chi connectivity index (χ2n) is 9.74. The Labute approximate surface area is 258 Å². The van der Waals surface area contributed by atoms with E-state index in [4.69, 9.17) is 9.47 Å². The molecule has 4 heterocycles. The molecule has 3 atom stereocenters. The number of amides is 3. The largest absolute Gasteiger partial charge is 0.497 e. The number of benzene rings is 2. The first kappa shape index (κ1) is 28.9. The van der Waals surface area contributed by atoms with Gasteiger partial charge in [-0.15, -0.1) is 11.3 Å². The molecule has 0 unspecified atom stereocenters. The van der Waals surface area contributed by atoms with Crippen molar-refractivity contribution in [2.75, 3.05) is 23.9 Å². The number of aromatic nitrogens is 1. The third kappa shape index (κ3) is 5.28. The molecule has 3 amide bonds. The highest BCUT2D eigenvalue weighted by molar-refractivity contribution is 8.00. The second kappa shape index (κ2) is 11.8. The van der Waals surface area contributed by atoms with Crippen molar-refractivity contribution < 1.29 is 28.7 Å². The Kier molecular flexibility index (Phi) is 7.95. The van der Waals surface area contributed by atoms with E-state index in [0.717, 1.165) is 28.0 Å². The molecule has 1 fully saturated rings. The van der Waals surface area contributed by atoms with Crippen LogP contribution in [0.2, 0.25) is 0 Å². The average Bonchev–Trinajstić information content (AvgIpc) is 3.71. The van der Waals surface area contributed by atoms with Crippen molar-refractivity contribution >= 4 is 69.5 Å². The molecule has 43 heavy (non-hydrogen) atoms. The zero-order valence-electron chi connectivity index (χ0n) is 23.0. The second-order valence-corrected chi connectivity index (χ2v) is 12.8. The van der Waals surface area contributed by atoms with Gasteiger partial charge in [-0.3, -0.25) is 23.7 Å². The Bertz CT molecular complexity index is 1760. The van der Waals surface area contributed by atoms with Crippen LogP contribution in [-0.4, -0.2) is 47.2 Å². The first-order valence-corrected chi connectivity index (χ1v) is 15.9. The first-order chi connectivity index (χ1) is 20.8. The van der Waals surface area contributed by atoms with Crippen molar-refractivity contribution in [3.8, 4) is 5.75 Å². The van der Waals surface area contributed by atoms with E-state index in [9.17, 15) is 24.0 Å². The van der Waals surface area contributed by atoms with Gasteiger partial charge in [0.15, 0.2) is 0 Å². The third-order valence-electron chi connectivity index (χ3n) is 7.21. The fourth-order valence-corrected chi connectivity index (χ4v) is 8.99. The summed E-state index contributed by atoms with van der Waals surface area (Å²) in [7, 11) is 1.54. The summed E-state index contributed by atoms with van der Waals surface area (Å²) in [6.45, 7) is 1.69. The molecule has 0 aliphatic carbocycles. The van der Waals surface area contributed by atoms with Crippen molar-refractivity contribution in [2.45, 2.75) is 29.7 Å². The SMILES string of the molecule is CCOC(=O)c1ccc(NC(=O)Cn2c3c(sc2=O)[C@@H](c2cccs2)[C@@H]2C(=O)N(c4ccc(OC)cc4)C(=O)[C@@H]2S3)cc1. The lowest BCUT2D eigenvalue weighted by atomic mass is 9.87. The van der Waals surface area contributed by atoms with Gasteiger partial charge in [-0.05, 0) is 66.9 Å². The predicted octanol–water partition coefficient (Wildman–Crippen LogP) is 4.59. The molecule has 6 rings (SSSR count). The number of anilines is 2. The Hall–Kier alpha value is -4.20. The molecular weight excluding hydrogens is 611 g/mol. The summed E-state index contributed by atoms with van der Waals surface area (Å²) in [5.41, 5.74) is 1.25. The minimum atomic E-state index is -0.770. The summed E-state index contributed by atoms with van der Waals surface area (Å²) in [4.78, 5) is 68.4. The highest BCUT2D eigenvalue weighted by atomic mass is 32.2. The van der Waals surface area contributed by atoms with Crippen LogP contribution >= 0.6 is 34.4 Å². The van der Waals surface area contributed by atoms with Gasteiger partial charge in [-0.2, -0.15) is 0 Å². The number of thiazole rings is 1. The molecule has 220 valence electrons. The topological polar surface area (TPSA) is 124 Å². The molecule has 1 N–H and O–H groups in total. The fourth-order valence-electron chi connectivity index (χ4n) is 5.26. The molecule has 0 bridgehead atoms. The number of nitrogens with zero attached hydrogens (tertiary/aromatic N) is 2. The van der Waals surface area contributed by atoms with Gasteiger partial charge < -0.3 is 14.8 Å². The zero-order valence-corrected chi connectivity index (χ0v) is 25.4. The normalized spacial score (nSPS) is 19.1. The van der Waals surface area contributed by atoms with E-state index in [1.807, 2.05) is 17.5 Å². The lowest BCUT2D eigenvalue weighted by molar-refractivity contribution is -0.122. The fraction of sp³-hybridized carbons (Fsp3) is 0.233. The van der Waals surface area contributed by atoms with Crippen molar-refractivity contribution in [3.05, 3.63) is 91.0 Å². The molecule has 0 saturated carbocycles. The molecule has 2 aromatic carbocycles. The maximum absolute atomic E-state index is 13.9. The summed E-state index contributed by atoms with van der Waals surface area (Å²) in [6, 6.07) is 16.8. The van der Waals surface area contributed by atoms with Gasteiger partial charge in [0.05, 0.1) is 35.9 Å². The van der Waals surface area contributed by atoms with E-state index >= 15 is 0 Å². The van der Waals surface area contributed by atoms with Crippen LogP contribution in [0.4, 0.5) is 11.4 Å². The number of carbonyl (C=O) groups excluding carboxylic acids is 4. The maximum atomic E-state index is 13.9. The number of ether oxygens (including phenoxy) is 2. The Morgan fingerprint density at radius 2 is 1.72 bits per heavy atom.